The lowest BCUT2D eigenvalue weighted by Gasteiger charge is -2.36. The Morgan fingerprint density at radius 2 is 2.11 bits per heavy atom. The molecule has 0 unspecified atom stereocenters. The first kappa shape index (κ1) is 25.1. The lowest BCUT2D eigenvalue weighted by molar-refractivity contribution is -0.125. The molecule has 190 valence electrons. The largest absolute Gasteiger partial charge is 0.380 e. The summed E-state index contributed by atoms with van der Waals surface area (Å²) in [5.41, 5.74) is 2.50. The molecule has 37 heavy (non-hydrogen) atoms. The molecule has 0 radical (unpaired) electrons. The zero-order valence-corrected chi connectivity index (χ0v) is 21.5. The standard InChI is InChI=1S/C27H28N6O3S/c1-33(21-5-3-4-16-6-8-18(13-28)30-25(16)21)27(35)17-7-10-20(22(12-17)36-2)29-14-19-9-11-23-26(31-19)32-24(34)15-37-23/h3-6,8-9,11,17,20,22,29H,7,10,12,14-15H2,1-2H3,(H,31,32,34)/t17-,20-,22+/m0/s1. The average Bonchev–Trinajstić information content (AvgIpc) is 2.94. The Morgan fingerprint density at radius 1 is 1.24 bits per heavy atom. The number of nitrogens with one attached hydrogen (secondary N) is 2. The van der Waals surface area contributed by atoms with Gasteiger partial charge in [0.2, 0.25) is 11.8 Å². The number of nitriles is 1. The molecule has 10 heteroatoms. The van der Waals surface area contributed by atoms with E-state index in [-0.39, 0.29) is 29.9 Å². The van der Waals surface area contributed by atoms with Gasteiger partial charge in [0.25, 0.3) is 0 Å². The Balaban J connectivity index is 1.24. The zero-order valence-electron chi connectivity index (χ0n) is 20.7. The molecule has 0 spiro atoms. The second-order valence-corrected chi connectivity index (χ2v) is 10.3. The topological polar surface area (TPSA) is 120 Å². The summed E-state index contributed by atoms with van der Waals surface area (Å²) in [4.78, 5) is 36.9. The van der Waals surface area contributed by atoms with Crippen LogP contribution in [0.15, 0.2) is 47.4 Å². The van der Waals surface area contributed by atoms with Crippen molar-refractivity contribution < 1.29 is 14.3 Å². The van der Waals surface area contributed by atoms with Gasteiger partial charge >= 0.3 is 0 Å². The molecule has 1 saturated carbocycles. The molecule has 0 saturated heterocycles. The van der Waals surface area contributed by atoms with Gasteiger partial charge in [0, 0.05) is 38.0 Å². The molecule has 1 aromatic carbocycles. The van der Waals surface area contributed by atoms with Gasteiger partial charge in [-0.05, 0) is 49.6 Å². The fraction of sp³-hybridized carbons (Fsp3) is 0.370. The normalized spacial score (nSPS) is 21.1. The predicted octanol–water partition coefficient (Wildman–Crippen LogP) is 3.48. The molecule has 1 fully saturated rings. The predicted molar refractivity (Wildman–Crippen MR) is 142 cm³/mol. The van der Waals surface area contributed by atoms with E-state index in [2.05, 4.69) is 26.7 Å². The van der Waals surface area contributed by atoms with Gasteiger partial charge < -0.3 is 20.3 Å². The lowest BCUT2D eigenvalue weighted by Crippen LogP contribution is -2.48. The SMILES string of the molecule is CO[C@@H]1C[C@@H](C(=O)N(C)c2cccc3ccc(C#N)nc23)CC[C@@H]1NCc1ccc2c(n1)NC(=O)CS2. The fourth-order valence-corrected chi connectivity index (χ4v) is 5.80. The van der Waals surface area contributed by atoms with Crippen molar-refractivity contribution in [2.45, 2.75) is 42.8 Å². The van der Waals surface area contributed by atoms with E-state index in [0.717, 1.165) is 28.8 Å². The number of hydrogen-bond acceptors (Lipinski definition) is 8. The van der Waals surface area contributed by atoms with Crippen LogP contribution in [-0.4, -0.2) is 53.8 Å². The number of benzene rings is 1. The van der Waals surface area contributed by atoms with Gasteiger partial charge in [-0.1, -0.05) is 12.1 Å². The molecule has 2 amide bonds. The van der Waals surface area contributed by atoms with Gasteiger partial charge in [-0.25, -0.2) is 9.97 Å². The van der Waals surface area contributed by atoms with Crippen LogP contribution in [-0.2, 0) is 20.9 Å². The molecule has 2 N–H and O–H groups in total. The van der Waals surface area contributed by atoms with Gasteiger partial charge in [-0.15, -0.1) is 11.8 Å². The monoisotopic (exact) mass is 516 g/mol. The molecular formula is C27H28N6O3S. The quantitative estimate of drug-likeness (QED) is 0.511. The third kappa shape index (κ3) is 5.30. The Morgan fingerprint density at radius 3 is 2.92 bits per heavy atom. The van der Waals surface area contributed by atoms with E-state index in [1.807, 2.05) is 36.4 Å². The number of pyridine rings is 2. The maximum atomic E-state index is 13.5. The van der Waals surface area contributed by atoms with Crippen LogP contribution in [0.5, 0.6) is 0 Å². The summed E-state index contributed by atoms with van der Waals surface area (Å²) >= 11 is 1.49. The maximum absolute atomic E-state index is 13.5. The minimum absolute atomic E-state index is 0.0155. The van der Waals surface area contributed by atoms with Crippen molar-refractivity contribution in [3.05, 3.63) is 53.9 Å². The van der Waals surface area contributed by atoms with E-state index < -0.39 is 0 Å². The number of anilines is 2. The van der Waals surface area contributed by atoms with E-state index in [4.69, 9.17) is 4.74 Å². The summed E-state index contributed by atoms with van der Waals surface area (Å²) < 4.78 is 5.80. The number of carbonyl (C=O) groups excluding carboxylic acids is 2. The molecule has 5 rings (SSSR count). The average molecular weight is 517 g/mol. The van der Waals surface area contributed by atoms with Gasteiger partial charge in [-0.2, -0.15) is 5.26 Å². The van der Waals surface area contributed by atoms with E-state index >= 15 is 0 Å². The molecule has 2 aliphatic rings. The highest BCUT2D eigenvalue weighted by molar-refractivity contribution is 8.00. The molecule has 3 heterocycles. The van der Waals surface area contributed by atoms with Gasteiger partial charge in [0.1, 0.15) is 17.6 Å². The van der Waals surface area contributed by atoms with E-state index in [1.165, 1.54) is 11.8 Å². The number of aromatic nitrogens is 2. The Labute approximate surface area is 219 Å². The van der Waals surface area contributed by atoms with Crippen LogP contribution in [0.2, 0.25) is 0 Å². The summed E-state index contributed by atoms with van der Waals surface area (Å²) in [6, 6.07) is 15.3. The summed E-state index contributed by atoms with van der Waals surface area (Å²) in [6.07, 6.45) is 1.99. The minimum atomic E-state index is -0.184. The van der Waals surface area contributed by atoms with Gasteiger partial charge in [-0.3, -0.25) is 9.59 Å². The summed E-state index contributed by atoms with van der Waals surface area (Å²) in [6.45, 7) is 0.541. The number of rotatable bonds is 6. The molecule has 1 aliphatic carbocycles. The van der Waals surface area contributed by atoms with Crippen molar-refractivity contribution in [3.8, 4) is 6.07 Å². The smallest absolute Gasteiger partial charge is 0.235 e. The second-order valence-electron chi connectivity index (χ2n) is 9.31. The lowest BCUT2D eigenvalue weighted by atomic mass is 9.82. The highest BCUT2D eigenvalue weighted by Gasteiger charge is 2.35. The van der Waals surface area contributed by atoms with Crippen LogP contribution in [0.3, 0.4) is 0 Å². The van der Waals surface area contributed by atoms with Crippen molar-refractivity contribution in [2.24, 2.45) is 5.92 Å². The fourth-order valence-electron chi connectivity index (χ4n) is 5.04. The number of thioether (sulfide) groups is 1. The van der Waals surface area contributed by atoms with Crippen molar-refractivity contribution >= 4 is 46.0 Å². The molecule has 3 aromatic rings. The second kappa shape index (κ2) is 10.8. The molecule has 9 nitrogen and oxygen atoms in total. The van der Waals surface area contributed by atoms with Crippen LogP contribution >= 0.6 is 11.8 Å². The van der Waals surface area contributed by atoms with E-state index in [1.54, 1.807) is 25.1 Å². The number of para-hydroxylation sites is 1. The van der Waals surface area contributed by atoms with Crippen molar-refractivity contribution in [3.63, 3.8) is 0 Å². The number of hydrogen-bond donors (Lipinski definition) is 2. The number of amides is 2. The highest BCUT2D eigenvalue weighted by atomic mass is 32.2. The molecule has 3 atom stereocenters. The number of methoxy groups -OCH3 is 1. The van der Waals surface area contributed by atoms with E-state index in [0.29, 0.717) is 41.4 Å². The molecule has 1 aliphatic heterocycles. The van der Waals surface area contributed by atoms with Crippen LogP contribution in [0.1, 0.15) is 30.7 Å². The van der Waals surface area contributed by atoms with Gasteiger partial charge in [0.15, 0.2) is 0 Å². The number of fused-ring (bicyclic) bond motifs is 2. The summed E-state index contributed by atoms with van der Waals surface area (Å²) in [5, 5.41) is 16.5. The Kier molecular flexibility index (Phi) is 7.37. The summed E-state index contributed by atoms with van der Waals surface area (Å²) in [5.74, 6) is 0.827. The highest BCUT2D eigenvalue weighted by Crippen LogP contribution is 2.32. The van der Waals surface area contributed by atoms with Crippen LogP contribution in [0.4, 0.5) is 11.5 Å². The van der Waals surface area contributed by atoms with Crippen molar-refractivity contribution in [1.82, 2.24) is 15.3 Å². The Bertz CT molecular complexity index is 1390. The number of ether oxygens (including phenoxy) is 1. The van der Waals surface area contributed by atoms with E-state index in [9.17, 15) is 14.9 Å². The number of carbonyl (C=O) groups is 2. The zero-order chi connectivity index (χ0) is 25.9. The first-order chi connectivity index (χ1) is 18.0. The van der Waals surface area contributed by atoms with Crippen LogP contribution < -0.4 is 15.5 Å². The van der Waals surface area contributed by atoms with Crippen molar-refractivity contribution in [2.75, 3.05) is 30.1 Å². The number of nitrogens with zero attached hydrogens (tertiary/aromatic N) is 4. The summed E-state index contributed by atoms with van der Waals surface area (Å²) in [7, 11) is 3.45. The molecule has 0 bridgehead atoms. The Hall–Kier alpha value is -3.52. The minimum Gasteiger partial charge on any atom is -0.380 e. The first-order valence-electron chi connectivity index (χ1n) is 12.2. The van der Waals surface area contributed by atoms with Crippen LogP contribution in [0.25, 0.3) is 10.9 Å². The van der Waals surface area contributed by atoms with Crippen LogP contribution in [0, 0.1) is 17.2 Å². The third-order valence-electron chi connectivity index (χ3n) is 7.03. The first-order valence-corrected chi connectivity index (χ1v) is 13.2. The third-order valence-corrected chi connectivity index (χ3v) is 8.07. The van der Waals surface area contributed by atoms with Gasteiger partial charge in [0.05, 0.1) is 33.7 Å². The molecule has 2 aromatic heterocycles. The van der Waals surface area contributed by atoms with Crippen molar-refractivity contribution in [1.29, 1.82) is 5.26 Å². The molecular weight excluding hydrogens is 488 g/mol. The maximum Gasteiger partial charge on any atom is 0.235 e.